The Hall–Kier alpha value is -1.85. The number of thiophene rings is 1. The van der Waals surface area contributed by atoms with Crippen molar-refractivity contribution in [3.8, 4) is 16.2 Å². The minimum atomic E-state index is -0.350. The highest BCUT2D eigenvalue weighted by atomic mass is 32.1. The van der Waals surface area contributed by atoms with Gasteiger partial charge in [0.05, 0.1) is 0 Å². The molecule has 0 atom stereocenters. The van der Waals surface area contributed by atoms with Crippen LogP contribution in [0.15, 0.2) is 29.6 Å². The van der Waals surface area contributed by atoms with Crippen LogP contribution in [0.2, 0.25) is 0 Å². The molecular weight excluding hydrogens is 260 g/mol. The summed E-state index contributed by atoms with van der Waals surface area (Å²) >= 11 is 1.64. The average molecular weight is 276 g/mol. The summed E-state index contributed by atoms with van der Waals surface area (Å²) in [5.41, 5.74) is 5.24. The quantitative estimate of drug-likeness (QED) is 0.512. The molecule has 100 valence electrons. The highest BCUT2D eigenvalue weighted by Crippen LogP contribution is 2.36. The third kappa shape index (κ3) is 3.13. The minimum Gasteiger partial charge on any atom is -0.483 e. The van der Waals surface area contributed by atoms with E-state index in [0.29, 0.717) is 0 Å². The number of carbonyl (C=O) groups is 1. The van der Waals surface area contributed by atoms with Crippen molar-refractivity contribution in [2.75, 3.05) is 6.61 Å². The zero-order valence-electron chi connectivity index (χ0n) is 10.9. The highest BCUT2D eigenvalue weighted by molar-refractivity contribution is 7.13. The first-order chi connectivity index (χ1) is 9.11. The fourth-order valence-corrected chi connectivity index (χ4v) is 2.68. The number of rotatable bonds is 4. The molecule has 0 fully saturated rings. The van der Waals surface area contributed by atoms with Crippen molar-refractivity contribution in [2.24, 2.45) is 5.84 Å². The van der Waals surface area contributed by atoms with E-state index in [1.807, 2.05) is 37.4 Å². The first kappa shape index (κ1) is 13.6. The number of hydrogen-bond acceptors (Lipinski definition) is 4. The predicted molar refractivity (Wildman–Crippen MR) is 77.1 cm³/mol. The van der Waals surface area contributed by atoms with E-state index in [1.165, 1.54) is 0 Å². The van der Waals surface area contributed by atoms with Crippen LogP contribution in [-0.2, 0) is 4.79 Å². The van der Waals surface area contributed by atoms with Crippen LogP contribution in [-0.4, -0.2) is 12.5 Å². The van der Waals surface area contributed by atoms with Crippen LogP contribution in [0.3, 0.4) is 0 Å². The molecule has 2 rings (SSSR count). The van der Waals surface area contributed by atoms with Crippen LogP contribution in [0, 0.1) is 13.8 Å². The van der Waals surface area contributed by atoms with Gasteiger partial charge in [0.25, 0.3) is 5.91 Å². The Morgan fingerprint density at radius 2 is 2.21 bits per heavy atom. The SMILES string of the molecule is Cc1cc(C)c(OCC(=O)NN)c(-c2cccs2)c1. The van der Waals surface area contributed by atoms with Gasteiger partial charge in [-0.25, -0.2) is 5.84 Å². The summed E-state index contributed by atoms with van der Waals surface area (Å²) in [7, 11) is 0. The number of ether oxygens (including phenoxy) is 1. The zero-order valence-corrected chi connectivity index (χ0v) is 11.7. The van der Waals surface area contributed by atoms with E-state index < -0.39 is 0 Å². The van der Waals surface area contributed by atoms with E-state index in [2.05, 4.69) is 11.5 Å². The summed E-state index contributed by atoms with van der Waals surface area (Å²) in [6, 6.07) is 8.13. The first-order valence-electron chi connectivity index (χ1n) is 5.89. The summed E-state index contributed by atoms with van der Waals surface area (Å²) in [5, 5.41) is 2.02. The maximum absolute atomic E-state index is 11.2. The second kappa shape index (κ2) is 5.86. The summed E-state index contributed by atoms with van der Waals surface area (Å²) in [6.07, 6.45) is 0. The molecule has 1 aromatic heterocycles. The van der Waals surface area contributed by atoms with E-state index >= 15 is 0 Å². The number of benzene rings is 1. The van der Waals surface area contributed by atoms with Crippen molar-refractivity contribution in [2.45, 2.75) is 13.8 Å². The summed E-state index contributed by atoms with van der Waals surface area (Å²) < 4.78 is 5.61. The summed E-state index contributed by atoms with van der Waals surface area (Å²) in [6.45, 7) is 3.93. The van der Waals surface area contributed by atoms with Crippen molar-refractivity contribution < 1.29 is 9.53 Å². The summed E-state index contributed by atoms with van der Waals surface area (Å²) in [4.78, 5) is 12.3. The predicted octanol–water partition coefficient (Wildman–Crippen LogP) is 2.40. The number of aryl methyl sites for hydroxylation is 2. The van der Waals surface area contributed by atoms with Gasteiger partial charge in [0.1, 0.15) is 5.75 Å². The molecule has 1 heterocycles. The maximum atomic E-state index is 11.2. The lowest BCUT2D eigenvalue weighted by atomic mass is 10.0. The molecule has 1 amide bonds. The lowest BCUT2D eigenvalue weighted by Gasteiger charge is -2.14. The Kier molecular flexibility index (Phi) is 4.19. The number of amides is 1. The van der Waals surface area contributed by atoms with E-state index in [1.54, 1.807) is 11.3 Å². The van der Waals surface area contributed by atoms with Crippen LogP contribution in [0.4, 0.5) is 0 Å². The Morgan fingerprint density at radius 3 is 2.84 bits per heavy atom. The molecule has 0 aliphatic carbocycles. The van der Waals surface area contributed by atoms with Gasteiger partial charge in [0.2, 0.25) is 0 Å². The smallest absolute Gasteiger partial charge is 0.271 e. The van der Waals surface area contributed by atoms with Crippen LogP contribution in [0.5, 0.6) is 5.75 Å². The van der Waals surface area contributed by atoms with Crippen molar-refractivity contribution >= 4 is 17.2 Å². The monoisotopic (exact) mass is 276 g/mol. The fraction of sp³-hybridized carbons (Fsp3) is 0.214. The molecule has 2 aromatic rings. The minimum absolute atomic E-state index is 0.0845. The van der Waals surface area contributed by atoms with E-state index in [9.17, 15) is 4.79 Å². The van der Waals surface area contributed by atoms with Crippen molar-refractivity contribution in [1.82, 2.24) is 5.43 Å². The molecule has 19 heavy (non-hydrogen) atoms. The number of carbonyl (C=O) groups excluding carboxylic acids is 1. The van der Waals surface area contributed by atoms with Gasteiger partial charge >= 0.3 is 0 Å². The Morgan fingerprint density at radius 1 is 1.42 bits per heavy atom. The summed E-state index contributed by atoms with van der Waals surface area (Å²) in [5.74, 6) is 5.44. The van der Waals surface area contributed by atoms with E-state index in [0.717, 1.165) is 27.3 Å². The van der Waals surface area contributed by atoms with Gasteiger partial charge in [-0.3, -0.25) is 10.2 Å². The molecule has 0 bridgehead atoms. The van der Waals surface area contributed by atoms with Crippen LogP contribution < -0.4 is 16.0 Å². The van der Waals surface area contributed by atoms with Gasteiger partial charge in [-0.15, -0.1) is 11.3 Å². The van der Waals surface area contributed by atoms with Gasteiger partial charge in [-0.2, -0.15) is 0 Å². The third-order valence-electron chi connectivity index (χ3n) is 2.71. The molecule has 1 aromatic carbocycles. The van der Waals surface area contributed by atoms with Crippen LogP contribution in [0.1, 0.15) is 11.1 Å². The van der Waals surface area contributed by atoms with Gasteiger partial charge in [-0.05, 0) is 42.5 Å². The molecule has 4 nitrogen and oxygen atoms in total. The van der Waals surface area contributed by atoms with Gasteiger partial charge in [-0.1, -0.05) is 12.1 Å². The average Bonchev–Trinajstić information content (AvgIpc) is 2.90. The molecular formula is C14H16N2O2S. The molecule has 0 aliphatic heterocycles. The Balaban J connectivity index is 2.38. The van der Waals surface area contributed by atoms with Crippen molar-refractivity contribution in [3.63, 3.8) is 0 Å². The van der Waals surface area contributed by atoms with Crippen LogP contribution in [0.25, 0.3) is 10.4 Å². The van der Waals surface area contributed by atoms with E-state index in [-0.39, 0.29) is 12.5 Å². The number of nitrogens with one attached hydrogen (secondary N) is 1. The molecule has 0 aliphatic rings. The normalized spacial score (nSPS) is 10.3. The number of nitrogens with two attached hydrogens (primary N) is 1. The molecule has 0 saturated carbocycles. The first-order valence-corrected chi connectivity index (χ1v) is 6.77. The lowest BCUT2D eigenvalue weighted by Crippen LogP contribution is -2.34. The molecule has 5 heteroatoms. The van der Waals surface area contributed by atoms with Crippen molar-refractivity contribution in [3.05, 3.63) is 40.8 Å². The van der Waals surface area contributed by atoms with Gasteiger partial charge in [0, 0.05) is 10.4 Å². The Labute approximate surface area is 116 Å². The number of hydrogen-bond donors (Lipinski definition) is 2. The largest absolute Gasteiger partial charge is 0.483 e. The van der Waals surface area contributed by atoms with Crippen molar-refractivity contribution in [1.29, 1.82) is 0 Å². The zero-order chi connectivity index (χ0) is 13.8. The Bertz CT molecular complexity index is 579. The molecule has 0 unspecified atom stereocenters. The lowest BCUT2D eigenvalue weighted by molar-refractivity contribution is -0.123. The van der Waals surface area contributed by atoms with E-state index in [4.69, 9.17) is 10.6 Å². The number of hydrazine groups is 1. The van der Waals surface area contributed by atoms with Gasteiger partial charge in [0.15, 0.2) is 6.61 Å². The maximum Gasteiger partial charge on any atom is 0.271 e. The second-order valence-corrected chi connectivity index (χ2v) is 5.24. The molecule has 3 N–H and O–H groups in total. The van der Waals surface area contributed by atoms with Crippen LogP contribution >= 0.6 is 11.3 Å². The highest BCUT2D eigenvalue weighted by Gasteiger charge is 2.12. The standard InChI is InChI=1S/C14H16N2O2S/c1-9-6-10(2)14(18-8-13(17)16-15)11(7-9)12-4-3-5-19-12/h3-7H,8,15H2,1-2H3,(H,16,17). The molecule has 0 radical (unpaired) electrons. The third-order valence-corrected chi connectivity index (χ3v) is 3.62. The van der Waals surface area contributed by atoms with Gasteiger partial charge < -0.3 is 4.74 Å². The molecule has 0 spiro atoms. The molecule has 0 saturated heterocycles. The fourth-order valence-electron chi connectivity index (χ4n) is 1.94. The second-order valence-electron chi connectivity index (χ2n) is 4.29. The topological polar surface area (TPSA) is 64.3 Å².